The molecule has 0 saturated heterocycles. The second kappa shape index (κ2) is 5.71. The number of aromatic nitrogens is 2. The predicted octanol–water partition coefficient (Wildman–Crippen LogP) is 5.43. The molecule has 0 spiro atoms. The number of rotatable bonds is 3. The fourth-order valence-electron chi connectivity index (χ4n) is 1.58. The molecule has 0 bridgehead atoms. The summed E-state index contributed by atoms with van der Waals surface area (Å²) in [5, 5.41) is 5.94. The molecule has 1 aromatic carbocycles. The number of thiazole rings is 2. The zero-order chi connectivity index (χ0) is 13.2. The Kier molecular flexibility index (Phi) is 3.98. The third-order valence-corrected chi connectivity index (χ3v) is 5.11. The molecule has 0 aliphatic carbocycles. The highest BCUT2D eigenvalue weighted by Crippen LogP contribution is 2.31. The van der Waals surface area contributed by atoms with Crippen LogP contribution in [0.3, 0.4) is 0 Å². The topological polar surface area (TPSA) is 25.8 Å². The molecular weight excluding hydrogens is 364 g/mol. The molecule has 19 heavy (non-hydrogen) atoms. The van der Waals surface area contributed by atoms with E-state index in [1.807, 2.05) is 22.9 Å². The first-order valence-electron chi connectivity index (χ1n) is 5.48. The molecule has 0 radical (unpaired) electrons. The van der Waals surface area contributed by atoms with E-state index in [1.165, 1.54) is 0 Å². The third kappa shape index (κ3) is 2.89. The molecule has 2 nitrogen and oxygen atoms in total. The molecule has 3 rings (SSSR count). The lowest BCUT2D eigenvalue weighted by Crippen LogP contribution is -1.80. The molecule has 0 aliphatic heterocycles. The summed E-state index contributed by atoms with van der Waals surface area (Å²) in [6.45, 7) is 0. The number of benzene rings is 1. The van der Waals surface area contributed by atoms with E-state index in [0.717, 1.165) is 31.4 Å². The van der Waals surface area contributed by atoms with Gasteiger partial charge in [0, 0.05) is 20.8 Å². The van der Waals surface area contributed by atoms with E-state index >= 15 is 0 Å². The van der Waals surface area contributed by atoms with Gasteiger partial charge in [0.2, 0.25) is 0 Å². The highest BCUT2D eigenvalue weighted by Gasteiger charge is 2.10. The van der Waals surface area contributed by atoms with Crippen molar-refractivity contribution in [1.29, 1.82) is 0 Å². The van der Waals surface area contributed by atoms with E-state index in [9.17, 15) is 0 Å². The molecule has 0 fully saturated rings. The van der Waals surface area contributed by atoms with Gasteiger partial charge in [0.1, 0.15) is 15.7 Å². The van der Waals surface area contributed by atoms with Crippen LogP contribution in [0.4, 0.5) is 0 Å². The lowest BCUT2D eigenvalue weighted by molar-refractivity contribution is 1.22. The van der Waals surface area contributed by atoms with Crippen molar-refractivity contribution in [2.75, 3.05) is 0 Å². The van der Waals surface area contributed by atoms with Gasteiger partial charge >= 0.3 is 0 Å². The Hall–Kier alpha value is -0.750. The Bertz CT molecular complexity index is 691. The molecule has 0 amide bonds. The van der Waals surface area contributed by atoms with Crippen LogP contribution in [0.15, 0.2) is 39.5 Å². The molecule has 6 heteroatoms. The lowest BCUT2D eigenvalue weighted by atomic mass is 10.2. The van der Waals surface area contributed by atoms with Crippen molar-refractivity contribution < 1.29 is 0 Å². The van der Waals surface area contributed by atoms with Crippen LogP contribution in [-0.2, 0) is 5.88 Å². The van der Waals surface area contributed by atoms with Crippen LogP contribution >= 0.6 is 50.2 Å². The fraction of sp³-hybridized carbons (Fsp3) is 0.0769. The SMILES string of the molecule is ClCc1csc(-c2csc(-c3ccc(Br)cc3)n2)n1. The Morgan fingerprint density at radius 1 is 1.00 bits per heavy atom. The quantitative estimate of drug-likeness (QED) is 0.573. The van der Waals surface area contributed by atoms with Crippen LogP contribution in [0.25, 0.3) is 21.3 Å². The van der Waals surface area contributed by atoms with Crippen molar-refractivity contribution in [1.82, 2.24) is 9.97 Å². The summed E-state index contributed by atoms with van der Waals surface area (Å²) < 4.78 is 1.07. The van der Waals surface area contributed by atoms with Crippen LogP contribution in [0.2, 0.25) is 0 Å². The van der Waals surface area contributed by atoms with Gasteiger partial charge in [0.15, 0.2) is 0 Å². The normalized spacial score (nSPS) is 10.8. The van der Waals surface area contributed by atoms with Gasteiger partial charge in [-0.1, -0.05) is 28.1 Å². The number of hydrogen-bond donors (Lipinski definition) is 0. The largest absolute Gasteiger partial charge is 0.238 e. The summed E-state index contributed by atoms with van der Waals surface area (Å²) in [5.41, 5.74) is 2.94. The van der Waals surface area contributed by atoms with Crippen molar-refractivity contribution in [2.24, 2.45) is 0 Å². The van der Waals surface area contributed by atoms with Gasteiger partial charge in [0.05, 0.1) is 11.6 Å². The molecule has 0 aliphatic rings. The van der Waals surface area contributed by atoms with Crippen LogP contribution in [0, 0.1) is 0 Å². The van der Waals surface area contributed by atoms with Gasteiger partial charge in [-0.05, 0) is 12.1 Å². The zero-order valence-electron chi connectivity index (χ0n) is 9.64. The Balaban J connectivity index is 1.92. The fourth-order valence-corrected chi connectivity index (χ4v) is 3.74. The standard InChI is InChI=1S/C13H8BrClN2S2/c14-9-3-1-8(2-4-9)12-17-11(7-19-12)13-16-10(5-15)6-18-13/h1-4,6-7H,5H2. The molecular formula is C13H8BrClN2S2. The summed E-state index contributed by atoms with van der Waals surface area (Å²) in [4.78, 5) is 9.08. The molecule has 2 aromatic heterocycles. The minimum absolute atomic E-state index is 0.445. The predicted molar refractivity (Wildman–Crippen MR) is 85.9 cm³/mol. The maximum Gasteiger partial charge on any atom is 0.143 e. The third-order valence-electron chi connectivity index (χ3n) is 2.50. The zero-order valence-corrected chi connectivity index (χ0v) is 13.6. The van der Waals surface area contributed by atoms with E-state index in [-0.39, 0.29) is 0 Å². The average Bonchev–Trinajstić information content (AvgIpc) is 3.08. The van der Waals surface area contributed by atoms with Crippen LogP contribution < -0.4 is 0 Å². The monoisotopic (exact) mass is 370 g/mol. The van der Waals surface area contributed by atoms with Crippen molar-refractivity contribution in [2.45, 2.75) is 5.88 Å². The Morgan fingerprint density at radius 3 is 2.42 bits per heavy atom. The molecule has 3 aromatic rings. The molecule has 0 N–H and O–H groups in total. The number of halogens is 2. The van der Waals surface area contributed by atoms with E-state index in [1.54, 1.807) is 22.7 Å². The molecule has 2 heterocycles. The van der Waals surface area contributed by atoms with Crippen molar-refractivity contribution in [3.63, 3.8) is 0 Å². The summed E-state index contributed by atoms with van der Waals surface area (Å²) >= 11 is 12.4. The highest BCUT2D eigenvalue weighted by atomic mass is 79.9. The summed E-state index contributed by atoms with van der Waals surface area (Å²) in [6.07, 6.45) is 0. The van der Waals surface area contributed by atoms with Crippen molar-refractivity contribution in [3.8, 4) is 21.3 Å². The van der Waals surface area contributed by atoms with E-state index in [2.05, 4.69) is 38.0 Å². The van der Waals surface area contributed by atoms with Gasteiger partial charge in [0.25, 0.3) is 0 Å². The van der Waals surface area contributed by atoms with E-state index in [0.29, 0.717) is 5.88 Å². The summed E-state index contributed by atoms with van der Waals surface area (Å²) in [6, 6.07) is 8.15. The first-order valence-corrected chi connectivity index (χ1v) is 8.57. The van der Waals surface area contributed by atoms with Crippen LogP contribution in [0.5, 0.6) is 0 Å². The first kappa shape index (κ1) is 13.2. The lowest BCUT2D eigenvalue weighted by Gasteiger charge is -1.95. The van der Waals surface area contributed by atoms with Crippen molar-refractivity contribution in [3.05, 3.63) is 45.2 Å². The first-order chi connectivity index (χ1) is 9.26. The summed E-state index contributed by atoms with van der Waals surface area (Å²) in [7, 11) is 0. The Morgan fingerprint density at radius 2 is 1.74 bits per heavy atom. The molecule has 0 atom stereocenters. The molecule has 96 valence electrons. The van der Waals surface area contributed by atoms with Crippen molar-refractivity contribution >= 4 is 50.2 Å². The van der Waals surface area contributed by atoms with Gasteiger partial charge in [-0.25, -0.2) is 9.97 Å². The molecule has 0 saturated carbocycles. The smallest absolute Gasteiger partial charge is 0.143 e. The summed E-state index contributed by atoms with van der Waals surface area (Å²) in [5.74, 6) is 0.445. The van der Waals surface area contributed by atoms with Gasteiger partial charge in [-0.3, -0.25) is 0 Å². The number of alkyl halides is 1. The van der Waals surface area contributed by atoms with Crippen LogP contribution in [0.1, 0.15) is 5.69 Å². The second-order valence-corrected chi connectivity index (χ2v) is 6.72. The maximum atomic E-state index is 5.77. The van der Waals surface area contributed by atoms with Gasteiger partial charge in [-0.2, -0.15) is 0 Å². The van der Waals surface area contributed by atoms with E-state index in [4.69, 9.17) is 11.6 Å². The van der Waals surface area contributed by atoms with E-state index < -0.39 is 0 Å². The Labute approximate surface area is 132 Å². The minimum Gasteiger partial charge on any atom is -0.238 e. The second-order valence-electron chi connectivity index (χ2n) is 3.82. The maximum absolute atomic E-state index is 5.77. The molecule has 0 unspecified atom stereocenters. The highest BCUT2D eigenvalue weighted by molar-refractivity contribution is 9.10. The van der Waals surface area contributed by atoms with Gasteiger partial charge < -0.3 is 0 Å². The number of nitrogens with zero attached hydrogens (tertiary/aromatic N) is 2. The van der Waals surface area contributed by atoms with Gasteiger partial charge in [-0.15, -0.1) is 34.3 Å². The minimum atomic E-state index is 0.445. The average molecular weight is 372 g/mol. The number of hydrogen-bond acceptors (Lipinski definition) is 4. The van der Waals surface area contributed by atoms with Crippen LogP contribution in [-0.4, -0.2) is 9.97 Å².